The number of aromatic nitrogens is 1. The number of nitrogens with zero attached hydrogens (tertiary/aromatic N) is 1. The second-order valence-corrected chi connectivity index (χ2v) is 5.70. The fourth-order valence-electron chi connectivity index (χ4n) is 2.20. The average molecular weight is 291 g/mol. The third-order valence-corrected chi connectivity index (χ3v) is 4.06. The van der Waals surface area contributed by atoms with Gasteiger partial charge in [-0.05, 0) is 0 Å². The van der Waals surface area contributed by atoms with E-state index in [0.717, 1.165) is 16.3 Å². The molecule has 1 aromatic heterocycles. The molecule has 0 bridgehead atoms. The largest absolute Gasteiger partial charge is 0.392 e. The number of ether oxygens (including phenoxy) is 2. The van der Waals surface area contributed by atoms with Crippen molar-refractivity contribution in [3.05, 3.63) is 40.7 Å². The summed E-state index contributed by atoms with van der Waals surface area (Å²) in [6, 6.07) is 10.1. The topological polar surface area (TPSA) is 51.6 Å². The van der Waals surface area contributed by atoms with E-state index >= 15 is 0 Å². The number of thiazole rings is 1. The lowest BCUT2D eigenvalue weighted by Gasteiger charge is -2.13. The molecule has 2 aromatic rings. The van der Waals surface area contributed by atoms with Gasteiger partial charge in [0, 0.05) is 23.8 Å². The molecule has 1 aliphatic heterocycles. The SMILES string of the molecule is OC(Cc1nc(-c2ccccc2)cs1)CC1OCCO1. The molecule has 0 spiro atoms. The molecule has 1 aromatic carbocycles. The van der Waals surface area contributed by atoms with Crippen LogP contribution in [-0.2, 0) is 15.9 Å². The van der Waals surface area contributed by atoms with Crippen LogP contribution < -0.4 is 0 Å². The Morgan fingerprint density at radius 3 is 2.75 bits per heavy atom. The molecule has 1 atom stereocenters. The molecule has 1 aliphatic rings. The lowest BCUT2D eigenvalue weighted by atomic mass is 10.1. The van der Waals surface area contributed by atoms with Crippen molar-refractivity contribution in [3.8, 4) is 11.3 Å². The summed E-state index contributed by atoms with van der Waals surface area (Å²) in [4.78, 5) is 4.57. The van der Waals surface area contributed by atoms with Crippen molar-refractivity contribution in [1.82, 2.24) is 4.98 Å². The Hall–Kier alpha value is -1.27. The molecule has 0 saturated carbocycles. The minimum atomic E-state index is -0.479. The second kappa shape index (κ2) is 6.45. The van der Waals surface area contributed by atoms with Gasteiger partial charge in [0.25, 0.3) is 0 Å². The summed E-state index contributed by atoms with van der Waals surface area (Å²) in [5.74, 6) is 0. The summed E-state index contributed by atoms with van der Waals surface area (Å²) in [6.45, 7) is 1.24. The van der Waals surface area contributed by atoms with Gasteiger partial charge in [-0.3, -0.25) is 0 Å². The van der Waals surface area contributed by atoms with E-state index in [0.29, 0.717) is 26.1 Å². The lowest BCUT2D eigenvalue weighted by molar-refractivity contribution is -0.0698. The van der Waals surface area contributed by atoms with E-state index in [1.54, 1.807) is 11.3 Å². The van der Waals surface area contributed by atoms with Gasteiger partial charge in [0.2, 0.25) is 0 Å². The Morgan fingerprint density at radius 1 is 1.25 bits per heavy atom. The molecule has 4 nitrogen and oxygen atoms in total. The van der Waals surface area contributed by atoms with E-state index < -0.39 is 6.10 Å². The first-order chi connectivity index (χ1) is 9.81. The maximum absolute atomic E-state index is 10.0. The molecule has 1 unspecified atom stereocenters. The first-order valence-electron chi connectivity index (χ1n) is 6.72. The molecule has 2 heterocycles. The predicted octanol–water partition coefficient (Wildman–Crippen LogP) is 2.48. The van der Waals surface area contributed by atoms with Crippen molar-refractivity contribution in [2.24, 2.45) is 0 Å². The average Bonchev–Trinajstić information content (AvgIpc) is 3.11. The second-order valence-electron chi connectivity index (χ2n) is 4.76. The van der Waals surface area contributed by atoms with Crippen LogP contribution in [0.15, 0.2) is 35.7 Å². The van der Waals surface area contributed by atoms with Gasteiger partial charge in [-0.15, -0.1) is 11.3 Å². The van der Waals surface area contributed by atoms with Gasteiger partial charge in [0.15, 0.2) is 6.29 Å². The van der Waals surface area contributed by atoms with Crippen LogP contribution in [0.3, 0.4) is 0 Å². The van der Waals surface area contributed by atoms with Crippen LogP contribution in [0.5, 0.6) is 0 Å². The zero-order valence-electron chi connectivity index (χ0n) is 11.1. The van der Waals surface area contributed by atoms with Crippen molar-refractivity contribution < 1.29 is 14.6 Å². The normalized spacial score (nSPS) is 17.4. The third-order valence-electron chi connectivity index (χ3n) is 3.19. The van der Waals surface area contributed by atoms with Crippen LogP contribution in [0.1, 0.15) is 11.4 Å². The van der Waals surface area contributed by atoms with Crippen LogP contribution in [0.25, 0.3) is 11.3 Å². The van der Waals surface area contributed by atoms with Gasteiger partial charge in [0.1, 0.15) is 0 Å². The van der Waals surface area contributed by atoms with Crippen molar-refractivity contribution >= 4 is 11.3 Å². The molecule has 0 radical (unpaired) electrons. The summed E-state index contributed by atoms with van der Waals surface area (Å²) < 4.78 is 10.7. The monoisotopic (exact) mass is 291 g/mol. The molecule has 106 valence electrons. The van der Waals surface area contributed by atoms with E-state index in [1.807, 2.05) is 35.7 Å². The molecule has 1 saturated heterocycles. The Balaban J connectivity index is 1.59. The Kier molecular flexibility index (Phi) is 4.42. The Morgan fingerprint density at radius 2 is 2.00 bits per heavy atom. The van der Waals surface area contributed by atoms with E-state index in [4.69, 9.17) is 9.47 Å². The van der Waals surface area contributed by atoms with E-state index in [9.17, 15) is 5.11 Å². The van der Waals surface area contributed by atoms with Gasteiger partial charge in [0.05, 0.1) is 30.0 Å². The first-order valence-corrected chi connectivity index (χ1v) is 7.60. The summed E-state index contributed by atoms with van der Waals surface area (Å²) in [5, 5.41) is 13.0. The van der Waals surface area contributed by atoms with Crippen LogP contribution in [0.4, 0.5) is 0 Å². The highest BCUT2D eigenvalue weighted by Crippen LogP contribution is 2.23. The maximum Gasteiger partial charge on any atom is 0.160 e. The number of aliphatic hydroxyl groups is 1. The zero-order chi connectivity index (χ0) is 13.8. The Labute approximate surface area is 122 Å². The van der Waals surface area contributed by atoms with E-state index in [2.05, 4.69) is 4.98 Å². The maximum atomic E-state index is 10.0. The van der Waals surface area contributed by atoms with Crippen LogP contribution in [0.2, 0.25) is 0 Å². The van der Waals surface area contributed by atoms with Crippen LogP contribution in [0, 0.1) is 0 Å². The number of hydrogen-bond donors (Lipinski definition) is 1. The summed E-state index contributed by atoms with van der Waals surface area (Å²) in [5.41, 5.74) is 2.07. The fraction of sp³-hybridized carbons (Fsp3) is 0.400. The molecule has 20 heavy (non-hydrogen) atoms. The number of benzene rings is 1. The highest BCUT2D eigenvalue weighted by Gasteiger charge is 2.21. The first kappa shape index (κ1) is 13.7. The quantitative estimate of drug-likeness (QED) is 0.919. The van der Waals surface area contributed by atoms with E-state index in [-0.39, 0.29) is 6.29 Å². The third kappa shape index (κ3) is 3.43. The van der Waals surface area contributed by atoms with Crippen LogP contribution >= 0.6 is 11.3 Å². The van der Waals surface area contributed by atoms with Crippen LogP contribution in [-0.4, -0.2) is 35.7 Å². The molecule has 0 aliphatic carbocycles. The van der Waals surface area contributed by atoms with Gasteiger partial charge in [-0.1, -0.05) is 30.3 Å². The Bertz CT molecular complexity index is 537. The minimum absolute atomic E-state index is 0.265. The van der Waals surface area contributed by atoms with Crippen molar-refractivity contribution in [1.29, 1.82) is 0 Å². The van der Waals surface area contributed by atoms with Gasteiger partial charge in [-0.2, -0.15) is 0 Å². The lowest BCUT2D eigenvalue weighted by Crippen LogP contribution is -2.20. The molecule has 1 N–H and O–H groups in total. The molecular formula is C15H17NO3S. The van der Waals surface area contributed by atoms with Gasteiger partial charge < -0.3 is 14.6 Å². The van der Waals surface area contributed by atoms with Gasteiger partial charge >= 0.3 is 0 Å². The standard InChI is InChI=1S/C15H17NO3S/c17-12(9-15-18-6-7-19-15)8-14-16-13(10-20-14)11-4-2-1-3-5-11/h1-5,10,12,15,17H,6-9H2. The van der Waals surface area contributed by atoms with Crippen molar-refractivity contribution in [2.45, 2.75) is 25.2 Å². The highest BCUT2D eigenvalue weighted by atomic mass is 32.1. The molecule has 5 heteroatoms. The zero-order valence-corrected chi connectivity index (χ0v) is 11.9. The van der Waals surface area contributed by atoms with Crippen molar-refractivity contribution in [2.75, 3.05) is 13.2 Å². The van der Waals surface area contributed by atoms with Crippen molar-refractivity contribution in [3.63, 3.8) is 0 Å². The number of rotatable bonds is 5. The highest BCUT2D eigenvalue weighted by molar-refractivity contribution is 7.09. The molecule has 3 rings (SSSR count). The predicted molar refractivity (Wildman–Crippen MR) is 77.6 cm³/mol. The van der Waals surface area contributed by atoms with E-state index in [1.165, 1.54) is 0 Å². The fourth-order valence-corrected chi connectivity index (χ4v) is 3.07. The number of hydrogen-bond acceptors (Lipinski definition) is 5. The summed E-state index contributed by atoms with van der Waals surface area (Å²) in [6.07, 6.45) is 0.299. The minimum Gasteiger partial charge on any atom is -0.392 e. The van der Waals surface area contributed by atoms with Gasteiger partial charge in [-0.25, -0.2) is 4.98 Å². The summed E-state index contributed by atoms with van der Waals surface area (Å²) >= 11 is 1.58. The smallest absolute Gasteiger partial charge is 0.160 e. The molecule has 1 fully saturated rings. The number of aliphatic hydroxyl groups excluding tert-OH is 1. The summed E-state index contributed by atoms with van der Waals surface area (Å²) in [7, 11) is 0. The molecular weight excluding hydrogens is 274 g/mol. The molecule has 0 amide bonds.